The number of fused-ring (bicyclic) bond motifs is 1. The van der Waals surface area contributed by atoms with Crippen molar-refractivity contribution in [1.82, 2.24) is 20.0 Å². The maximum atomic E-state index is 11.0. The molecule has 0 atom stereocenters. The van der Waals surface area contributed by atoms with E-state index in [1.165, 1.54) is 12.3 Å². The first-order valence-electron chi connectivity index (χ1n) is 6.35. The summed E-state index contributed by atoms with van der Waals surface area (Å²) in [5, 5.41) is 23.2. The van der Waals surface area contributed by atoms with Crippen LogP contribution in [0.3, 0.4) is 0 Å². The van der Waals surface area contributed by atoms with E-state index in [9.17, 15) is 10.1 Å². The average Bonchev–Trinajstić information content (AvgIpc) is 3.00. The van der Waals surface area contributed by atoms with E-state index in [1.807, 2.05) is 0 Å². The van der Waals surface area contributed by atoms with Crippen molar-refractivity contribution in [3.05, 3.63) is 53.1 Å². The highest BCUT2D eigenvalue weighted by molar-refractivity contribution is 5.99. The highest BCUT2D eigenvalue weighted by atomic mass is 16.6. The van der Waals surface area contributed by atoms with E-state index in [1.54, 1.807) is 35.4 Å². The maximum absolute atomic E-state index is 11.0. The van der Waals surface area contributed by atoms with Crippen molar-refractivity contribution in [1.29, 1.82) is 0 Å². The van der Waals surface area contributed by atoms with Crippen molar-refractivity contribution in [2.24, 2.45) is 0 Å². The first kappa shape index (κ1) is 13.0. The topological polar surface area (TPSA) is 98.8 Å². The molecule has 0 amide bonds. The molecule has 3 aromatic rings. The molecular formula is C13H12N6O2. The third-order valence-corrected chi connectivity index (χ3v) is 3.12. The molecule has 0 aliphatic heterocycles. The Morgan fingerprint density at radius 2 is 2.14 bits per heavy atom. The Bertz CT molecular complexity index is 771. The zero-order valence-corrected chi connectivity index (χ0v) is 11.0. The second kappa shape index (κ2) is 5.53. The number of aromatic nitrogens is 4. The highest BCUT2D eigenvalue weighted by Crippen LogP contribution is 2.30. The lowest BCUT2D eigenvalue weighted by atomic mass is 10.1. The Morgan fingerprint density at radius 3 is 2.90 bits per heavy atom. The van der Waals surface area contributed by atoms with E-state index >= 15 is 0 Å². The van der Waals surface area contributed by atoms with E-state index in [-0.39, 0.29) is 5.69 Å². The van der Waals surface area contributed by atoms with E-state index in [4.69, 9.17) is 0 Å². The van der Waals surface area contributed by atoms with Crippen LogP contribution in [-0.2, 0) is 6.54 Å². The minimum atomic E-state index is -0.400. The van der Waals surface area contributed by atoms with Gasteiger partial charge in [0.05, 0.1) is 23.1 Å². The van der Waals surface area contributed by atoms with Gasteiger partial charge in [0.2, 0.25) is 0 Å². The van der Waals surface area contributed by atoms with Crippen molar-refractivity contribution >= 4 is 22.1 Å². The molecule has 0 radical (unpaired) electrons. The zero-order chi connectivity index (χ0) is 14.7. The number of nitro benzene ring substituents is 1. The minimum absolute atomic E-state index is 0.0555. The predicted octanol–water partition coefficient (Wildman–Crippen LogP) is 1.85. The van der Waals surface area contributed by atoms with Crippen LogP contribution in [0.5, 0.6) is 0 Å². The van der Waals surface area contributed by atoms with Crippen LogP contribution >= 0.6 is 0 Å². The molecule has 3 rings (SSSR count). The second-order valence-corrected chi connectivity index (χ2v) is 4.40. The molecule has 8 nitrogen and oxygen atoms in total. The van der Waals surface area contributed by atoms with Crippen molar-refractivity contribution in [2.45, 2.75) is 6.54 Å². The van der Waals surface area contributed by atoms with Gasteiger partial charge in [0.25, 0.3) is 5.69 Å². The number of nitro groups is 1. The lowest BCUT2D eigenvalue weighted by molar-refractivity contribution is -0.383. The van der Waals surface area contributed by atoms with Crippen LogP contribution in [0.4, 0.5) is 11.4 Å². The summed E-state index contributed by atoms with van der Waals surface area (Å²) in [6.07, 6.45) is 6.53. The summed E-state index contributed by atoms with van der Waals surface area (Å²) in [6.45, 7) is 1.29. The molecule has 8 heteroatoms. The molecule has 0 spiro atoms. The van der Waals surface area contributed by atoms with Gasteiger partial charge >= 0.3 is 0 Å². The summed E-state index contributed by atoms with van der Waals surface area (Å²) in [5.41, 5.74) is 0.887. The first-order chi connectivity index (χ1) is 10.3. The molecule has 2 heterocycles. The van der Waals surface area contributed by atoms with E-state index < -0.39 is 4.92 Å². The fourth-order valence-corrected chi connectivity index (χ4v) is 2.15. The Labute approximate surface area is 119 Å². The number of benzene rings is 1. The molecule has 1 aromatic carbocycles. The van der Waals surface area contributed by atoms with Gasteiger partial charge in [-0.2, -0.15) is 0 Å². The number of nitrogens with zero attached hydrogens (tertiary/aromatic N) is 5. The molecule has 0 aliphatic rings. The average molecular weight is 284 g/mol. The third kappa shape index (κ3) is 2.64. The summed E-state index contributed by atoms with van der Waals surface area (Å²) in [4.78, 5) is 14.6. The van der Waals surface area contributed by atoms with Crippen LogP contribution in [0.15, 0.2) is 43.0 Å². The normalized spacial score (nSPS) is 10.7. The molecule has 1 N–H and O–H groups in total. The summed E-state index contributed by atoms with van der Waals surface area (Å²) < 4.78 is 1.71. The predicted molar refractivity (Wildman–Crippen MR) is 76.9 cm³/mol. The van der Waals surface area contributed by atoms with Crippen LogP contribution in [0, 0.1) is 10.1 Å². The summed E-state index contributed by atoms with van der Waals surface area (Å²) in [5.74, 6) is 0. The van der Waals surface area contributed by atoms with Crippen molar-refractivity contribution in [3.63, 3.8) is 0 Å². The molecule has 21 heavy (non-hydrogen) atoms. The fourth-order valence-electron chi connectivity index (χ4n) is 2.15. The standard InChI is InChI=1S/C13H12N6O2/c20-19(21)13-2-1-12(10-3-4-14-9-11(10)13)15-5-7-18-8-6-16-17-18/h1-4,6,8-9,15H,5,7H2. The Kier molecular flexibility index (Phi) is 3.42. The molecule has 0 fully saturated rings. The fraction of sp³-hybridized carbons (Fsp3) is 0.154. The highest BCUT2D eigenvalue weighted by Gasteiger charge is 2.13. The smallest absolute Gasteiger partial charge is 0.278 e. The van der Waals surface area contributed by atoms with Crippen LogP contribution < -0.4 is 5.32 Å². The summed E-state index contributed by atoms with van der Waals surface area (Å²) in [7, 11) is 0. The zero-order valence-electron chi connectivity index (χ0n) is 11.0. The molecule has 0 saturated carbocycles. The summed E-state index contributed by atoms with van der Waals surface area (Å²) >= 11 is 0. The lowest BCUT2D eigenvalue weighted by Crippen LogP contribution is -2.11. The number of hydrogen-bond acceptors (Lipinski definition) is 6. The van der Waals surface area contributed by atoms with Gasteiger partial charge < -0.3 is 5.32 Å². The number of nitrogens with one attached hydrogen (secondary N) is 1. The number of non-ortho nitro benzene ring substituents is 1. The lowest BCUT2D eigenvalue weighted by Gasteiger charge is -2.09. The number of hydrogen-bond donors (Lipinski definition) is 1. The molecule has 106 valence electrons. The van der Waals surface area contributed by atoms with Gasteiger partial charge in [-0.1, -0.05) is 5.21 Å². The number of rotatable bonds is 5. The van der Waals surface area contributed by atoms with Crippen molar-refractivity contribution < 1.29 is 4.92 Å². The van der Waals surface area contributed by atoms with Gasteiger partial charge in [-0.25, -0.2) is 0 Å². The SMILES string of the molecule is O=[N+]([O-])c1ccc(NCCn2ccnn2)c2ccncc12. The molecule has 2 aromatic heterocycles. The molecule has 0 saturated heterocycles. The van der Waals surface area contributed by atoms with Crippen molar-refractivity contribution in [2.75, 3.05) is 11.9 Å². The van der Waals surface area contributed by atoms with Gasteiger partial charge in [-0.05, 0) is 12.1 Å². The van der Waals surface area contributed by atoms with Crippen LogP contribution in [0.2, 0.25) is 0 Å². The molecule has 0 unspecified atom stereocenters. The van der Waals surface area contributed by atoms with Gasteiger partial charge in [0.15, 0.2) is 0 Å². The Morgan fingerprint density at radius 1 is 1.24 bits per heavy atom. The molecular weight excluding hydrogens is 272 g/mol. The van der Waals surface area contributed by atoms with Crippen LogP contribution in [0.1, 0.15) is 0 Å². The van der Waals surface area contributed by atoms with Gasteiger partial charge in [-0.3, -0.25) is 19.8 Å². The Hall–Kier alpha value is -3.03. The molecule has 0 bridgehead atoms. The van der Waals surface area contributed by atoms with Crippen LogP contribution in [0.25, 0.3) is 10.8 Å². The van der Waals surface area contributed by atoms with E-state index in [0.717, 1.165) is 11.1 Å². The van der Waals surface area contributed by atoms with Crippen molar-refractivity contribution in [3.8, 4) is 0 Å². The quantitative estimate of drug-likeness (QED) is 0.567. The minimum Gasteiger partial charge on any atom is -0.383 e. The third-order valence-electron chi connectivity index (χ3n) is 3.12. The van der Waals surface area contributed by atoms with Gasteiger partial charge in [0, 0.05) is 42.3 Å². The second-order valence-electron chi connectivity index (χ2n) is 4.40. The monoisotopic (exact) mass is 284 g/mol. The molecule has 0 aliphatic carbocycles. The largest absolute Gasteiger partial charge is 0.383 e. The van der Waals surface area contributed by atoms with Gasteiger partial charge in [0.1, 0.15) is 0 Å². The maximum Gasteiger partial charge on any atom is 0.278 e. The van der Waals surface area contributed by atoms with Gasteiger partial charge in [-0.15, -0.1) is 5.10 Å². The Balaban J connectivity index is 1.85. The number of anilines is 1. The van der Waals surface area contributed by atoms with E-state index in [2.05, 4.69) is 20.6 Å². The van der Waals surface area contributed by atoms with E-state index in [0.29, 0.717) is 18.5 Å². The first-order valence-corrected chi connectivity index (χ1v) is 6.35. The number of pyridine rings is 1. The van der Waals surface area contributed by atoms with Crippen LogP contribution in [-0.4, -0.2) is 31.4 Å². The summed E-state index contributed by atoms with van der Waals surface area (Å²) in [6, 6.07) is 4.96.